The predicted molar refractivity (Wildman–Crippen MR) is 131 cm³/mol. The van der Waals surface area contributed by atoms with E-state index in [0.29, 0.717) is 18.7 Å². The second kappa shape index (κ2) is 11.1. The minimum absolute atomic E-state index is 0.00794. The summed E-state index contributed by atoms with van der Waals surface area (Å²) in [7, 11) is 5.44. The maximum absolute atomic E-state index is 13.4. The number of benzene rings is 2. The molecule has 0 heterocycles. The minimum atomic E-state index is -0.214. The van der Waals surface area contributed by atoms with E-state index in [0.717, 1.165) is 16.8 Å². The maximum atomic E-state index is 13.4. The number of anilines is 2. The third-order valence-electron chi connectivity index (χ3n) is 5.21. The molecular formula is C26H37N3O3. The fraction of sp³-hybridized carbons (Fsp3) is 0.462. The van der Waals surface area contributed by atoms with Gasteiger partial charge in [-0.2, -0.15) is 0 Å². The lowest BCUT2D eigenvalue weighted by Gasteiger charge is -2.33. The molecule has 174 valence electrons. The molecule has 0 aliphatic heterocycles. The van der Waals surface area contributed by atoms with Crippen molar-refractivity contribution < 1.29 is 14.3 Å². The summed E-state index contributed by atoms with van der Waals surface area (Å²) in [5.41, 5.74) is 3.62. The highest BCUT2D eigenvalue weighted by molar-refractivity contribution is 5.92. The van der Waals surface area contributed by atoms with Crippen LogP contribution in [0.2, 0.25) is 0 Å². The summed E-state index contributed by atoms with van der Waals surface area (Å²) in [5, 5.41) is 2.87. The fourth-order valence-electron chi connectivity index (χ4n) is 3.65. The molecule has 2 aromatic rings. The van der Waals surface area contributed by atoms with E-state index >= 15 is 0 Å². The zero-order chi connectivity index (χ0) is 23.9. The van der Waals surface area contributed by atoms with E-state index in [4.69, 9.17) is 4.74 Å². The first kappa shape index (κ1) is 25.4. The van der Waals surface area contributed by atoms with E-state index in [-0.39, 0.29) is 29.9 Å². The predicted octanol–water partition coefficient (Wildman–Crippen LogP) is 4.86. The number of carbonyl (C=O) groups excluding carboxylic acids is 2. The Labute approximate surface area is 192 Å². The highest BCUT2D eigenvalue weighted by atomic mass is 16.5. The lowest BCUT2D eigenvalue weighted by atomic mass is 9.91. The fourth-order valence-corrected chi connectivity index (χ4v) is 3.65. The number of methoxy groups -OCH3 is 1. The van der Waals surface area contributed by atoms with Gasteiger partial charge in [0.15, 0.2) is 0 Å². The van der Waals surface area contributed by atoms with Crippen LogP contribution in [-0.4, -0.2) is 44.5 Å². The smallest absolute Gasteiger partial charge is 0.250 e. The maximum Gasteiger partial charge on any atom is 0.250 e. The molecule has 0 radical (unpaired) electrons. The van der Waals surface area contributed by atoms with Crippen molar-refractivity contribution in [3.05, 3.63) is 59.7 Å². The zero-order valence-corrected chi connectivity index (χ0v) is 20.4. The number of amides is 2. The third kappa shape index (κ3) is 7.38. The molecule has 0 aliphatic carbocycles. The molecule has 0 spiro atoms. The van der Waals surface area contributed by atoms with Crippen LogP contribution in [0.3, 0.4) is 0 Å². The summed E-state index contributed by atoms with van der Waals surface area (Å²) in [6, 6.07) is 15.8. The second-order valence-electron chi connectivity index (χ2n) is 9.56. The van der Waals surface area contributed by atoms with E-state index in [1.807, 2.05) is 60.3 Å². The van der Waals surface area contributed by atoms with Crippen molar-refractivity contribution in [1.29, 1.82) is 0 Å². The van der Waals surface area contributed by atoms with Gasteiger partial charge in [0.25, 0.3) is 0 Å². The Hall–Kier alpha value is -2.86. The van der Waals surface area contributed by atoms with Crippen LogP contribution in [0.4, 0.5) is 11.4 Å². The summed E-state index contributed by atoms with van der Waals surface area (Å²) in [6.45, 7) is 8.72. The summed E-state index contributed by atoms with van der Waals surface area (Å²) in [6.07, 6.45) is 0.450. The molecule has 1 atom stereocenters. The van der Waals surface area contributed by atoms with Gasteiger partial charge in [-0.05, 0) is 41.7 Å². The lowest BCUT2D eigenvalue weighted by Crippen LogP contribution is -2.35. The Balaban J connectivity index is 2.43. The molecule has 32 heavy (non-hydrogen) atoms. The molecule has 0 bridgehead atoms. The Kier molecular flexibility index (Phi) is 8.84. The number of carbonyl (C=O) groups is 2. The quantitative estimate of drug-likeness (QED) is 0.606. The zero-order valence-electron chi connectivity index (χ0n) is 20.4. The Morgan fingerprint density at radius 3 is 2.28 bits per heavy atom. The van der Waals surface area contributed by atoms with Crippen LogP contribution in [0.1, 0.15) is 51.3 Å². The number of rotatable bonds is 9. The molecule has 2 aromatic carbocycles. The van der Waals surface area contributed by atoms with E-state index in [1.54, 1.807) is 0 Å². The Morgan fingerprint density at radius 1 is 1.06 bits per heavy atom. The largest absolute Gasteiger partial charge is 0.377 e. The van der Waals surface area contributed by atoms with Gasteiger partial charge in [0.05, 0.1) is 6.04 Å². The Morgan fingerprint density at radius 2 is 1.72 bits per heavy atom. The number of nitrogens with one attached hydrogen (secondary N) is 1. The molecular weight excluding hydrogens is 402 g/mol. The molecule has 0 aliphatic rings. The minimum Gasteiger partial charge on any atom is -0.377 e. The van der Waals surface area contributed by atoms with E-state index < -0.39 is 0 Å². The van der Waals surface area contributed by atoms with Crippen molar-refractivity contribution in [2.75, 3.05) is 38.0 Å². The average Bonchev–Trinajstić information content (AvgIpc) is 2.71. The van der Waals surface area contributed by atoms with Crippen molar-refractivity contribution in [3.63, 3.8) is 0 Å². The average molecular weight is 440 g/mol. The van der Waals surface area contributed by atoms with Gasteiger partial charge in [0, 0.05) is 45.5 Å². The lowest BCUT2D eigenvalue weighted by molar-refractivity contribution is -0.136. The molecule has 0 unspecified atom stereocenters. The summed E-state index contributed by atoms with van der Waals surface area (Å²) in [4.78, 5) is 29.4. The van der Waals surface area contributed by atoms with Gasteiger partial charge in [0.1, 0.15) is 6.61 Å². The first-order chi connectivity index (χ1) is 15.0. The van der Waals surface area contributed by atoms with Crippen molar-refractivity contribution in [3.8, 4) is 0 Å². The van der Waals surface area contributed by atoms with Gasteiger partial charge >= 0.3 is 0 Å². The highest BCUT2D eigenvalue weighted by Crippen LogP contribution is 2.31. The van der Waals surface area contributed by atoms with Crippen LogP contribution in [-0.2, 0) is 20.9 Å². The number of ether oxygens (including phenoxy) is 1. The van der Waals surface area contributed by atoms with Crippen LogP contribution in [0.5, 0.6) is 0 Å². The highest BCUT2D eigenvalue weighted by Gasteiger charge is 2.27. The van der Waals surface area contributed by atoms with Crippen LogP contribution in [0.15, 0.2) is 48.5 Å². The number of hydrogen-bond donors (Lipinski definition) is 1. The van der Waals surface area contributed by atoms with Gasteiger partial charge in [-0.15, -0.1) is 0 Å². The standard InChI is InChI=1S/C26H37N3O3/c1-19(20-11-9-8-10-12-20)29(25(31)16-26(2,3)4)17-21-15-22(27-24(30)18-32-7)13-14-23(21)28(5)6/h8-15,19H,16-18H2,1-7H3,(H,27,30)/t19-/m0/s1. The second-order valence-corrected chi connectivity index (χ2v) is 9.56. The number of hydrogen-bond acceptors (Lipinski definition) is 4. The molecule has 1 N–H and O–H groups in total. The first-order valence-corrected chi connectivity index (χ1v) is 11.0. The molecule has 2 rings (SSSR count). The normalized spacial score (nSPS) is 12.2. The molecule has 0 aromatic heterocycles. The third-order valence-corrected chi connectivity index (χ3v) is 5.21. The van der Waals surface area contributed by atoms with Crippen LogP contribution in [0.25, 0.3) is 0 Å². The monoisotopic (exact) mass is 439 g/mol. The van der Waals surface area contributed by atoms with Gasteiger partial charge in [-0.1, -0.05) is 51.1 Å². The van der Waals surface area contributed by atoms with Crippen molar-refractivity contribution in [1.82, 2.24) is 4.90 Å². The summed E-state index contributed by atoms with van der Waals surface area (Å²) in [5.74, 6) is -0.109. The van der Waals surface area contributed by atoms with Crippen LogP contribution >= 0.6 is 0 Å². The van der Waals surface area contributed by atoms with Crippen molar-refractivity contribution >= 4 is 23.2 Å². The van der Waals surface area contributed by atoms with Crippen molar-refractivity contribution in [2.24, 2.45) is 5.41 Å². The first-order valence-electron chi connectivity index (χ1n) is 11.0. The molecule has 0 saturated heterocycles. The summed E-state index contributed by atoms with van der Waals surface area (Å²) < 4.78 is 4.92. The topological polar surface area (TPSA) is 61.9 Å². The van der Waals surface area contributed by atoms with Gasteiger partial charge in [-0.25, -0.2) is 0 Å². The molecule has 0 saturated carbocycles. The SMILES string of the molecule is COCC(=O)Nc1ccc(N(C)C)c(CN(C(=O)CC(C)(C)C)[C@@H](C)c2ccccc2)c1. The molecule has 2 amide bonds. The van der Waals surface area contributed by atoms with Gasteiger partial charge < -0.3 is 19.9 Å². The van der Waals surface area contributed by atoms with Gasteiger partial charge in [-0.3, -0.25) is 9.59 Å². The van der Waals surface area contributed by atoms with Crippen LogP contribution < -0.4 is 10.2 Å². The van der Waals surface area contributed by atoms with Gasteiger partial charge in [0.2, 0.25) is 11.8 Å². The van der Waals surface area contributed by atoms with Crippen molar-refractivity contribution in [2.45, 2.75) is 46.7 Å². The molecule has 6 heteroatoms. The Bertz CT molecular complexity index is 904. The van der Waals surface area contributed by atoms with Crippen LogP contribution in [0, 0.1) is 5.41 Å². The van der Waals surface area contributed by atoms with E-state index in [1.165, 1.54) is 7.11 Å². The van der Waals surface area contributed by atoms with E-state index in [9.17, 15) is 9.59 Å². The van der Waals surface area contributed by atoms with E-state index in [2.05, 4.69) is 45.1 Å². The number of nitrogens with zero attached hydrogens (tertiary/aromatic N) is 2. The molecule has 6 nitrogen and oxygen atoms in total. The summed E-state index contributed by atoms with van der Waals surface area (Å²) >= 11 is 0. The molecule has 0 fully saturated rings.